The number of alkyl halides is 3. The number of halogens is 4. The molecule has 0 saturated carbocycles. The highest BCUT2D eigenvalue weighted by atomic mass is 79.9. The monoisotopic (exact) mass is 587 g/mol. The summed E-state index contributed by atoms with van der Waals surface area (Å²) in [6.07, 6.45) is -1.30. The van der Waals surface area contributed by atoms with E-state index in [2.05, 4.69) is 36.3 Å². The summed E-state index contributed by atoms with van der Waals surface area (Å²) in [5.41, 5.74) is 2.28. The molecule has 0 radical (unpaired) electrons. The minimum Gasteiger partial charge on any atom is -0.353 e. The Hall–Kier alpha value is -3.51. The van der Waals surface area contributed by atoms with E-state index in [4.69, 9.17) is 0 Å². The van der Waals surface area contributed by atoms with Crippen LogP contribution in [0, 0.1) is 6.92 Å². The zero-order valence-electron chi connectivity index (χ0n) is 20.7. The number of hydrogen-bond donors (Lipinski definition) is 1. The molecule has 12 heteroatoms. The SMILES string of the molecule is Cc1cc(CNC(=O)[C@H]2CN(c3ncnc4nn(-c5ccc(C(F)(F)F)cc5)cc34)CCN2C)ccc1Br. The summed E-state index contributed by atoms with van der Waals surface area (Å²) in [5.74, 6) is 0.547. The Labute approximate surface area is 225 Å². The molecule has 8 nitrogen and oxygen atoms in total. The number of amides is 1. The molecule has 5 rings (SSSR count). The van der Waals surface area contributed by atoms with Crippen LogP contribution < -0.4 is 10.2 Å². The maximum atomic E-state index is 13.1. The largest absolute Gasteiger partial charge is 0.416 e. The van der Waals surface area contributed by atoms with Gasteiger partial charge in [-0.15, -0.1) is 5.10 Å². The van der Waals surface area contributed by atoms with Gasteiger partial charge in [0.2, 0.25) is 5.91 Å². The molecule has 1 aliphatic rings. The molecule has 1 amide bonds. The molecule has 1 saturated heterocycles. The van der Waals surface area contributed by atoms with Crippen molar-refractivity contribution >= 4 is 38.7 Å². The van der Waals surface area contributed by atoms with Gasteiger partial charge in [0.1, 0.15) is 18.2 Å². The van der Waals surface area contributed by atoms with Crippen molar-refractivity contribution in [2.45, 2.75) is 25.7 Å². The number of nitrogens with one attached hydrogen (secondary N) is 1. The Morgan fingerprint density at radius 1 is 1.13 bits per heavy atom. The third-order valence-electron chi connectivity index (χ3n) is 6.69. The fraction of sp³-hybridized carbons (Fsp3) is 0.308. The van der Waals surface area contributed by atoms with Gasteiger partial charge < -0.3 is 10.2 Å². The number of aromatic nitrogens is 4. The normalized spacial score (nSPS) is 16.7. The Bertz CT molecular complexity index is 1470. The van der Waals surface area contributed by atoms with Crippen molar-refractivity contribution in [3.63, 3.8) is 0 Å². The van der Waals surface area contributed by atoms with Crippen LogP contribution in [-0.2, 0) is 17.5 Å². The molecule has 3 heterocycles. The number of carbonyl (C=O) groups excluding carboxylic acids is 1. The quantitative estimate of drug-likeness (QED) is 0.374. The molecule has 2 aromatic heterocycles. The van der Waals surface area contributed by atoms with E-state index in [1.807, 2.05) is 42.0 Å². The van der Waals surface area contributed by atoms with Gasteiger partial charge in [-0.25, -0.2) is 14.6 Å². The summed E-state index contributed by atoms with van der Waals surface area (Å²) in [4.78, 5) is 25.9. The molecule has 4 aromatic rings. The van der Waals surface area contributed by atoms with Crippen molar-refractivity contribution in [2.24, 2.45) is 0 Å². The molecule has 0 spiro atoms. The van der Waals surface area contributed by atoms with Gasteiger partial charge in [-0.05, 0) is 55.4 Å². The zero-order valence-corrected chi connectivity index (χ0v) is 22.3. The number of carbonyl (C=O) groups is 1. The summed E-state index contributed by atoms with van der Waals surface area (Å²) < 4.78 is 41.4. The third kappa shape index (κ3) is 5.37. The number of aryl methyl sites for hydroxylation is 1. The predicted octanol–water partition coefficient (Wildman–Crippen LogP) is 4.34. The Balaban J connectivity index is 1.34. The molecule has 38 heavy (non-hydrogen) atoms. The summed E-state index contributed by atoms with van der Waals surface area (Å²) in [6, 6.07) is 10.4. The van der Waals surface area contributed by atoms with Crippen LogP contribution in [0.15, 0.2) is 59.5 Å². The van der Waals surface area contributed by atoms with Crippen LogP contribution in [-0.4, -0.2) is 63.3 Å². The number of fused-ring (bicyclic) bond motifs is 1. The van der Waals surface area contributed by atoms with E-state index >= 15 is 0 Å². The summed E-state index contributed by atoms with van der Waals surface area (Å²) in [7, 11) is 1.92. The van der Waals surface area contributed by atoms with Gasteiger partial charge in [0.15, 0.2) is 5.65 Å². The second-order valence-electron chi connectivity index (χ2n) is 9.30. The summed E-state index contributed by atoms with van der Waals surface area (Å²) >= 11 is 3.49. The van der Waals surface area contributed by atoms with Gasteiger partial charge in [-0.1, -0.05) is 28.1 Å². The van der Waals surface area contributed by atoms with Crippen molar-refractivity contribution in [1.82, 2.24) is 30.0 Å². The molecule has 2 aromatic carbocycles. The van der Waals surface area contributed by atoms with Crippen molar-refractivity contribution in [3.05, 3.63) is 76.2 Å². The van der Waals surface area contributed by atoms with E-state index in [0.29, 0.717) is 48.7 Å². The van der Waals surface area contributed by atoms with Gasteiger partial charge in [-0.2, -0.15) is 13.2 Å². The van der Waals surface area contributed by atoms with E-state index in [-0.39, 0.29) is 5.91 Å². The van der Waals surface area contributed by atoms with Crippen molar-refractivity contribution < 1.29 is 18.0 Å². The van der Waals surface area contributed by atoms with Crippen LogP contribution in [0.4, 0.5) is 19.0 Å². The van der Waals surface area contributed by atoms with Crippen LogP contribution in [0.1, 0.15) is 16.7 Å². The average Bonchev–Trinajstić information content (AvgIpc) is 3.34. The lowest BCUT2D eigenvalue weighted by atomic mass is 10.1. The van der Waals surface area contributed by atoms with Crippen LogP contribution >= 0.6 is 15.9 Å². The molecule has 1 atom stereocenters. The van der Waals surface area contributed by atoms with Gasteiger partial charge in [0.05, 0.1) is 16.6 Å². The molecule has 198 valence electrons. The van der Waals surface area contributed by atoms with Gasteiger partial charge in [0, 0.05) is 36.8 Å². The van der Waals surface area contributed by atoms with Gasteiger partial charge in [-0.3, -0.25) is 9.69 Å². The molecule has 1 N–H and O–H groups in total. The molecular formula is C26H25BrF3N7O. The number of hydrogen-bond acceptors (Lipinski definition) is 6. The number of anilines is 1. The standard InChI is InChI=1S/C26H25BrF3N7O/c1-16-11-17(3-8-21(16)27)12-31-25(38)22-14-36(10-9-35(22)2)24-20-13-37(34-23(20)32-15-33-24)19-6-4-18(5-7-19)26(28,29)30/h3-8,11,13,15,22H,9-10,12,14H2,1-2H3,(H,31,38)/t22-/m1/s1. The maximum Gasteiger partial charge on any atom is 0.416 e. The molecular weight excluding hydrogens is 563 g/mol. The molecule has 1 fully saturated rings. The Morgan fingerprint density at radius 2 is 1.89 bits per heavy atom. The predicted molar refractivity (Wildman–Crippen MR) is 141 cm³/mol. The number of benzene rings is 2. The topological polar surface area (TPSA) is 79.2 Å². The summed E-state index contributed by atoms with van der Waals surface area (Å²) in [5, 5.41) is 8.14. The highest BCUT2D eigenvalue weighted by Crippen LogP contribution is 2.30. The van der Waals surface area contributed by atoms with E-state index in [9.17, 15) is 18.0 Å². The second-order valence-corrected chi connectivity index (χ2v) is 10.2. The highest BCUT2D eigenvalue weighted by molar-refractivity contribution is 9.10. The first-order valence-corrected chi connectivity index (χ1v) is 12.8. The molecule has 1 aliphatic heterocycles. The molecule has 0 unspecified atom stereocenters. The Kier molecular flexibility index (Phi) is 7.10. The second kappa shape index (κ2) is 10.3. The fourth-order valence-corrected chi connectivity index (χ4v) is 4.73. The van der Waals surface area contributed by atoms with E-state index in [1.54, 1.807) is 6.20 Å². The Morgan fingerprint density at radius 3 is 2.61 bits per heavy atom. The van der Waals surface area contributed by atoms with E-state index in [0.717, 1.165) is 27.7 Å². The minimum absolute atomic E-state index is 0.0801. The average molecular weight is 588 g/mol. The number of likely N-dealkylation sites (N-methyl/N-ethyl adjacent to an activating group) is 1. The highest BCUT2D eigenvalue weighted by Gasteiger charge is 2.32. The lowest BCUT2D eigenvalue weighted by Gasteiger charge is -2.39. The van der Waals surface area contributed by atoms with Gasteiger partial charge in [0.25, 0.3) is 0 Å². The van der Waals surface area contributed by atoms with Crippen molar-refractivity contribution in [3.8, 4) is 5.69 Å². The maximum absolute atomic E-state index is 13.1. The van der Waals surface area contributed by atoms with E-state index in [1.165, 1.54) is 23.1 Å². The third-order valence-corrected chi connectivity index (χ3v) is 7.58. The van der Waals surface area contributed by atoms with Crippen molar-refractivity contribution in [1.29, 1.82) is 0 Å². The lowest BCUT2D eigenvalue weighted by Crippen LogP contribution is -2.57. The fourth-order valence-electron chi connectivity index (χ4n) is 4.49. The minimum atomic E-state index is -4.41. The zero-order chi connectivity index (χ0) is 27.0. The lowest BCUT2D eigenvalue weighted by molar-refractivity contribution is -0.137. The first-order valence-electron chi connectivity index (χ1n) is 12.0. The van der Waals surface area contributed by atoms with Crippen molar-refractivity contribution in [2.75, 3.05) is 31.6 Å². The molecule has 0 aliphatic carbocycles. The van der Waals surface area contributed by atoms with Crippen LogP contribution in [0.3, 0.4) is 0 Å². The number of rotatable bonds is 5. The van der Waals surface area contributed by atoms with Crippen LogP contribution in [0.25, 0.3) is 16.7 Å². The van der Waals surface area contributed by atoms with Crippen LogP contribution in [0.2, 0.25) is 0 Å². The first-order chi connectivity index (χ1) is 18.1. The summed E-state index contributed by atoms with van der Waals surface area (Å²) in [6.45, 7) is 4.14. The molecule has 0 bridgehead atoms. The van der Waals surface area contributed by atoms with Crippen LogP contribution in [0.5, 0.6) is 0 Å². The van der Waals surface area contributed by atoms with E-state index < -0.39 is 17.8 Å². The number of nitrogens with zero attached hydrogens (tertiary/aromatic N) is 6. The smallest absolute Gasteiger partial charge is 0.353 e. The van der Waals surface area contributed by atoms with Gasteiger partial charge >= 0.3 is 6.18 Å². The first kappa shape index (κ1) is 26.1. The number of piperazine rings is 1.